The fraction of sp³-hybridized carbons (Fsp3) is 0.0833. The van der Waals surface area contributed by atoms with Gasteiger partial charge >= 0.3 is 0 Å². The molecule has 0 atom stereocenters. The van der Waals surface area contributed by atoms with Crippen LogP contribution in [0.25, 0.3) is 0 Å². The van der Waals surface area contributed by atoms with Crippen molar-refractivity contribution in [3.05, 3.63) is 101 Å². The lowest BCUT2D eigenvalue weighted by molar-refractivity contribution is 0.102. The Labute approximate surface area is 178 Å². The molecule has 0 fully saturated rings. The van der Waals surface area contributed by atoms with Crippen molar-refractivity contribution in [2.24, 2.45) is 0 Å². The van der Waals surface area contributed by atoms with E-state index in [1.807, 2.05) is 66.9 Å². The largest absolute Gasteiger partial charge is 0.487 e. The van der Waals surface area contributed by atoms with Gasteiger partial charge in [-0.1, -0.05) is 35.9 Å². The minimum atomic E-state index is -0.242. The lowest BCUT2D eigenvalue weighted by atomic mass is 10.2. The summed E-state index contributed by atoms with van der Waals surface area (Å²) in [5.74, 6) is 1.65. The smallest absolute Gasteiger partial charge is 0.255 e. The van der Waals surface area contributed by atoms with Gasteiger partial charge < -0.3 is 14.8 Å². The third-order valence-electron chi connectivity index (χ3n) is 4.35. The van der Waals surface area contributed by atoms with E-state index in [1.54, 1.807) is 23.7 Å². The van der Waals surface area contributed by atoms with E-state index in [0.717, 1.165) is 11.3 Å². The number of carbonyl (C=O) groups excluding carboxylic acids is 1. The summed E-state index contributed by atoms with van der Waals surface area (Å²) in [6.07, 6.45) is 0. The van der Waals surface area contributed by atoms with Gasteiger partial charge in [-0.25, -0.2) is 4.98 Å². The Morgan fingerprint density at radius 2 is 1.83 bits per heavy atom. The Balaban J connectivity index is 1.46. The molecule has 0 unspecified atom stereocenters. The van der Waals surface area contributed by atoms with E-state index in [1.165, 1.54) is 11.3 Å². The molecule has 150 valence electrons. The number of hydrogen-bond acceptors (Lipinski definition) is 5. The van der Waals surface area contributed by atoms with Crippen LogP contribution in [0.1, 0.15) is 21.6 Å². The Morgan fingerprint density at radius 3 is 2.63 bits per heavy atom. The minimum absolute atomic E-state index is 0.242. The van der Waals surface area contributed by atoms with E-state index < -0.39 is 0 Å². The van der Waals surface area contributed by atoms with Gasteiger partial charge in [0, 0.05) is 10.9 Å². The standard InChI is InChI=1S/C24H20N2O3S/c1-17-9-11-20(12-10-17)29-23-8-3-2-7-22(23)26-24(27)18-5-4-6-21(13-18)28-14-19-15-30-16-25-19/h2-13,15-16H,14H2,1H3,(H,26,27). The van der Waals surface area contributed by atoms with Crippen molar-refractivity contribution in [3.8, 4) is 17.2 Å². The zero-order chi connectivity index (χ0) is 20.8. The number of ether oxygens (including phenoxy) is 2. The molecule has 1 aromatic heterocycles. The van der Waals surface area contributed by atoms with Crippen molar-refractivity contribution >= 4 is 22.9 Å². The lowest BCUT2D eigenvalue weighted by Crippen LogP contribution is -2.12. The Kier molecular flexibility index (Phi) is 6.06. The molecule has 1 heterocycles. The maximum absolute atomic E-state index is 12.8. The summed E-state index contributed by atoms with van der Waals surface area (Å²) in [5, 5.41) is 4.86. The number of para-hydroxylation sites is 2. The van der Waals surface area contributed by atoms with Crippen LogP contribution in [0, 0.1) is 6.92 Å². The van der Waals surface area contributed by atoms with Crippen LogP contribution in [0.5, 0.6) is 17.2 Å². The predicted octanol–water partition coefficient (Wildman–Crippen LogP) is 6.08. The highest BCUT2D eigenvalue weighted by molar-refractivity contribution is 7.07. The van der Waals surface area contributed by atoms with Gasteiger partial charge in [-0.3, -0.25) is 4.79 Å². The fourth-order valence-electron chi connectivity index (χ4n) is 2.78. The number of hydrogen-bond donors (Lipinski definition) is 1. The summed E-state index contributed by atoms with van der Waals surface area (Å²) in [7, 11) is 0. The molecule has 0 radical (unpaired) electrons. The second-order valence-corrected chi connectivity index (χ2v) is 7.38. The summed E-state index contributed by atoms with van der Waals surface area (Å²) in [4.78, 5) is 17.0. The number of nitrogens with zero attached hydrogens (tertiary/aromatic N) is 1. The Hall–Kier alpha value is -3.64. The van der Waals surface area contributed by atoms with E-state index in [4.69, 9.17) is 9.47 Å². The zero-order valence-electron chi connectivity index (χ0n) is 16.4. The summed E-state index contributed by atoms with van der Waals surface area (Å²) in [5.41, 5.74) is 4.87. The van der Waals surface area contributed by atoms with Gasteiger partial charge in [0.05, 0.1) is 16.9 Å². The molecule has 4 rings (SSSR count). The molecule has 1 amide bonds. The van der Waals surface area contributed by atoms with Gasteiger partial charge in [0.25, 0.3) is 5.91 Å². The second kappa shape index (κ2) is 9.24. The predicted molar refractivity (Wildman–Crippen MR) is 119 cm³/mol. The molecule has 6 heteroatoms. The van der Waals surface area contributed by atoms with Gasteiger partial charge in [0.2, 0.25) is 0 Å². The second-order valence-electron chi connectivity index (χ2n) is 6.66. The van der Waals surface area contributed by atoms with Crippen LogP contribution in [0.2, 0.25) is 0 Å². The number of benzene rings is 3. The quantitative estimate of drug-likeness (QED) is 0.397. The number of rotatable bonds is 7. The molecule has 1 N–H and O–H groups in total. The van der Waals surface area contributed by atoms with E-state index in [0.29, 0.717) is 35.1 Å². The van der Waals surface area contributed by atoms with Crippen molar-refractivity contribution in [1.82, 2.24) is 4.98 Å². The average molecular weight is 417 g/mol. The third-order valence-corrected chi connectivity index (χ3v) is 4.99. The summed E-state index contributed by atoms with van der Waals surface area (Å²) >= 11 is 1.52. The topological polar surface area (TPSA) is 60.5 Å². The van der Waals surface area contributed by atoms with Crippen molar-refractivity contribution in [3.63, 3.8) is 0 Å². The third kappa shape index (κ3) is 5.04. The van der Waals surface area contributed by atoms with E-state index in [-0.39, 0.29) is 5.91 Å². The number of thiazole rings is 1. The highest BCUT2D eigenvalue weighted by atomic mass is 32.1. The Morgan fingerprint density at radius 1 is 1.00 bits per heavy atom. The SMILES string of the molecule is Cc1ccc(Oc2ccccc2NC(=O)c2cccc(OCc3cscn3)c2)cc1. The molecule has 0 spiro atoms. The molecule has 5 nitrogen and oxygen atoms in total. The number of aromatic nitrogens is 1. The maximum Gasteiger partial charge on any atom is 0.255 e. The van der Waals surface area contributed by atoms with E-state index in [2.05, 4.69) is 10.3 Å². The van der Waals surface area contributed by atoms with E-state index >= 15 is 0 Å². The van der Waals surface area contributed by atoms with Crippen LogP contribution >= 0.6 is 11.3 Å². The molecule has 0 saturated carbocycles. The lowest BCUT2D eigenvalue weighted by Gasteiger charge is -2.13. The molecule has 0 bridgehead atoms. The summed E-state index contributed by atoms with van der Waals surface area (Å²) in [6, 6.07) is 22.2. The van der Waals surface area contributed by atoms with E-state index in [9.17, 15) is 4.79 Å². The molecule has 0 aliphatic heterocycles. The molecule has 0 aliphatic rings. The van der Waals surface area contributed by atoms with Crippen molar-refractivity contribution in [2.45, 2.75) is 13.5 Å². The van der Waals surface area contributed by atoms with Gasteiger partial charge in [0.15, 0.2) is 5.75 Å². The van der Waals surface area contributed by atoms with Crippen LogP contribution in [0.15, 0.2) is 83.7 Å². The monoisotopic (exact) mass is 416 g/mol. The normalized spacial score (nSPS) is 10.4. The highest BCUT2D eigenvalue weighted by Crippen LogP contribution is 2.30. The van der Waals surface area contributed by atoms with Crippen molar-refractivity contribution in [2.75, 3.05) is 5.32 Å². The van der Waals surface area contributed by atoms with Crippen LogP contribution in [-0.2, 0) is 6.61 Å². The average Bonchev–Trinajstić information content (AvgIpc) is 3.29. The number of aryl methyl sites for hydroxylation is 1. The number of nitrogens with one attached hydrogen (secondary N) is 1. The summed E-state index contributed by atoms with van der Waals surface area (Å²) in [6.45, 7) is 2.38. The van der Waals surface area contributed by atoms with Gasteiger partial charge in [-0.2, -0.15) is 0 Å². The maximum atomic E-state index is 12.8. The summed E-state index contributed by atoms with van der Waals surface area (Å²) < 4.78 is 11.7. The first kappa shape index (κ1) is 19.7. The first-order valence-corrected chi connectivity index (χ1v) is 10.4. The van der Waals surface area contributed by atoms with Crippen LogP contribution < -0.4 is 14.8 Å². The number of carbonyl (C=O) groups is 1. The molecule has 0 saturated heterocycles. The number of amides is 1. The first-order chi connectivity index (χ1) is 14.7. The Bertz CT molecular complexity index is 1130. The van der Waals surface area contributed by atoms with Gasteiger partial charge in [-0.05, 0) is 49.4 Å². The fourth-order valence-corrected chi connectivity index (χ4v) is 3.32. The van der Waals surface area contributed by atoms with Crippen LogP contribution in [0.4, 0.5) is 5.69 Å². The molecule has 4 aromatic rings. The highest BCUT2D eigenvalue weighted by Gasteiger charge is 2.11. The molecule has 3 aromatic carbocycles. The van der Waals surface area contributed by atoms with Crippen molar-refractivity contribution in [1.29, 1.82) is 0 Å². The molecular weight excluding hydrogens is 396 g/mol. The van der Waals surface area contributed by atoms with Crippen LogP contribution in [0.3, 0.4) is 0 Å². The van der Waals surface area contributed by atoms with Gasteiger partial charge in [-0.15, -0.1) is 11.3 Å². The zero-order valence-corrected chi connectivity index (χ0v) is 17.2. The minimum Gasteiger partial charge on any atom is -0.487 e. The van der Waals surface area contributed by atoms with Gasteiger partial charge in [0.1, 0.15) is 18.1 Å². The van der Waals surface area contributed by atoms with Crippen LogP contribution in [-0.4, -0.2) is 10.9 Å². The molecule has 0 aliphatic carbocycles. The molecular formula is C24H20N2O3S. The molecule has 30 heavy (non-hydrogen) atoms. The number of anilines is 1. The first-order valence-electron chi connectivity index (χ1n) is 9.42. The van der Waals surface area contributed by atoms with Crippen molar-refractivity contribution < 1.29 is 14.3 Å².